The number of ether oxygens (including phenoxy) is 4. The largest absolute Gasteiger partial charge is 0.497 e. The smallest absolute Gasteiger partial charge is 0.407 e. The standard InChI is InChI=1S/C24H33NO5/c1-7-19(25-23(26)30-24(2,3)4)16-29-22(17-8-12-20(27-5)13-9-17)18-10-14-21(28-6)15-11-18/h8-15,19,22H,7,16H2,1-6H3,(H,25,26). The quantitative estimate of drug-likeness (QED) is 0.616. The minimum absolute atomic E-state index is 0.168. The fourth-order valence-electron chi connectivity index (χ4n) is 2.89. The van der Waals surface area contributed by atoms with E-state index in [1.54, 1.807) is 14.2 Å². The average Bonchev–Trinajstić information content (AvgIpc) is 2.72. The second-order valence-corrected chi connectivity index (χ2v) is 8.01. The van der Waals surface area contributed by atoms with Crippen molar-refractivity contribution in [2.24, 2.45) is 0 Å². The maximum absolute atomic E-state index is 12.1. The fourth-order valence-corrected chi connectivity index (χ4v) is 2.89. The van der Waals surface area contributed by atoms with Gasteiger partial charge in [-0.05, 0) is 62.6 Å². The lowest BCUT2D eigenvalue weighted by Gasteiger charge is -2.25. The van der Waals surface area contributed by atoms with Gasteiger partial charge in [-0.25, -0.2) is 4.79 Å². The van der Waals surface area contributed by atoms with Crippen molar-refractivity contribution in [3.05, 3.63) is 59.7 Å². The zero-order chi connectivity index (χ0) is 22.1. The molecule has 0 aliphatic heterocycles. The molecule has 6 heteroatoms. The third-order valence-electron chi connectivity index (χ3n) is 4.51. The van der Waals surface area contributed by atoms with Gasteiger partial charge in [0.1, 0.15) is 23.2 Å². The summed E-state index contributed by atoms with van der Waals surface area (Å²) in [5.74, 6) is 1.57. The van der Waals surface area contributed by atoms with E-state index in [9.17, 15) is 4.79 Å². The molecule has 1 N–H and O–H groups in total. The molecule has 0 aliphatic rings. The Morgan fingerprint density at radius 2 is 1.37 bits per heavy atom. The predicted molar refractivity (Wildman–Crippen MR) is 117 cm³/mol. The van der Waals surface area contributed by atoms with E-state index in [2.05, 4.69) is 5.32 Å². The van der Waals surface area contributed by atoms with Crippen molar-refractivity contribution in [3.8, 4) is 11.5 Å². The van der Waals surface area contributed by atoms with Crippen molar-refractivity contribution in [2.45, 2.75) is 51.9 Å². The van der Waals surface area contributed by atoms with Gasteiger partial charge in [0.25, 0.3) is 0 Å². The number of rotatable bonds is 9. The van der Waals surface area contributed by atoms with Crippen LogP contribution in [0.1, 0.15) is 51.3 Å². The number of carbonyl (C=O) groups is 1. The lowest BCUT2D eigenvalue weighted by atomic mass is 10.0. The number of methoxy groups -OCH3 is 2. The van der Waals surface area contributed by atoms with E-state index >= 15 is 0 Å². The van der Waals surface area contributed by atoms with Crippen LogP contribution in [0.4, 0.5) is 4.79 Å². The van der Waals surface area contributed by atoms with Crippen molar-refractivity contribution in [1.29, 1.82) is 0 Å². The third kappa shape index (κ3) is 7.26. The molecule has 2 aromatic rings. The van der Waals surface area contributed by atoms with Crippen LogP contribution in [-0.4, -0.2) is 38.6 Å². The molecule has 0 aromatic heterocycles. The Labute approximate surface area is 179 Å². The first-order valence-corrected chi connectivity index (χ1v) is 10.1. The van der Waals surface area contributed by atoms with Crippen LogP contribution in [0, 0.1) is 0 Å². The molecule has 0 spiro atoms. The highest BCUT2D eigenvalue weighted by molar-refractivity contribution is 5.68. The van der Waals surface area contributed by atoms with E-state index in [0.29, 0.717) is 6.61 Å². The summed E-state index contributed by atoms with van der Waals surface area (Å²) in [4.78, 5) is 12.1. The van der Waals surface area contributed by atoms with Crippen LogP contribution in [0.2, 0.25) is 0 Å². The molecular weight excluding hydrogens is 382 g/mol. The molecule has 1 unspecified atom stereocenters. The van der Waals surface area contributed by atoms with Gasteiger partial charge in [0.05, 0.1) is 26.9 Å². The maximum Gasteiger partial charge on any atom is 0.407 e. The number of benzene rings is 2. The number of hydrogen-bond donors (Lipinski definition) is 1. The van der Waals surface area contributed by atoms with Crippen LogP contribution in [0.25, 0.3) is 0 Å². The molecule has 0 bridgehead atoms. The van der Waals surface area contributed by atoms with Gasteiger partial charge in [-0.2, -0.15) is 0 Å². The third-order valence-corrected chi connectivity index (χ3v) is 4.51. The minimum atomic E-state index is -0.544. The fraction of sp³-hybridized carbons (Fsp3) is 0.458. The van der Waals surface area contributed by atoms with Gasteiger partial charge in [0, 0.05) is 0 Å². The maximum atomic E-state index is 12.1. The summed E-state index contributed by atoms with van der Waals surface area (Å²) in [6.07, 6.45) is -0.0170. The molecule has 164 valence electrons. The first-order chi connectivity index (χ1) is 14.3. The van der Waals surface area contributed by atoms with Crippen LogP contribution in [0.15, 0.2) is 48.5 Å². The van der Waals surface area contributed by atoms with Crippen molar-refractivity contribution in [2.75, 3.05) is 20.8 Å². The summed E-state index contributed by atoms with van der Waals surface area (Å²) < 4.78 is 22.2. The summed E-state index contributed by atoms with van der Waals surface area (Å²) in [6, 6.07) is 15.4. The zero-order valence-corrected chi connectivity index (χ0v) is 18.7. The summed E-state index contributed by atoms with van der Waals surface area (Å²) in [5, 5.41) is 2.89. The zero-order valence-electron chi connectivity index (χ0n) is 18.7. The molecule has 0 saturated carbocycles. The summed E-state index contributed by atoms with van der Waals surface area (Å²) in [5.41, 5.74) is 1.44. The van der Waals surface area contributed by atoms with Crippen LogP contribution in [0.5, 0.6) is 11.5 Å². The first kappa shape index (κ1) is 23.5. The first-order valence-electron chi connectivity index (χ1n) is 10.1. The Morgan fingerprint density at radius 3 is 1.73 bits per heavy atom. The van der Waals surface area contributed by atoms with E-state index < -0.39 is 11.7 Å². The highest BCUT2D eigenvalue weighted by atomic mass is 16.6. The predicted octanol–water partition coefficient (Wildman–Crippen LogP) is 5.11. The van der Waals surface area contributed by atoms with Crippen LogP contribution >= 0.6 is 0 Å². The summed E-state index contributed by atoms with van der Waals surface area (Å²) in [7, 11) is 3.28. The van der Waals surface area contributed by atoms with Gasteiger partial charge < -0.3 is 24.3 Å². The molecular formula is C24H33NO5. The molecule has 1 atom stereocenters. The summed E-state index contributed by atoms with van der Waals surface area (Å²) >= 11 is 0. The van der Waals surface area contributed by atoms with E-state index in [1.165, 1.54) is 0 Å². The summed E-state index contributed by atoms with van der Waals surface area (Å²) in [6.45, 7) is 7.87. The molecule has 0 heterocycles. The minimum Gasteiger partial charge on any atom is -0.497 e. The van der Waals surface area contributed by atoms with Gasteiger partial charge in [-0.1, -0.05) is 31.2 Å². The number of amides is 1. The molecule has 30 heavy (non-hydrogen) atoms. The lowest BCUT2D eigenvalue weighted by Crippen LogP contribution is -2.41. The lowest BCUT2D eigenvalue weighted by molar-refractivity contribution is 0.0353. The number of hydrogen-bond acceptors (Lipinski definition) is 5. The van der Waals surface area contributed by atoms with Crippen LogP contribution in [0.3, 0.4) is 0 Å². The molecule has 0 aliphatic carbocycles. The molecule has 6 nitrogen and oxygen atoms in total. The number of carbonyl (C=O) groups excluding carboxylic acids is 1. The van der Waals surface area contributed by atoms with E-state index in [1.807, 2.05) is 76.2 Å². The van der Waals surface area contributed by atoms with Crippen molar-refractivity contribution in [1.82, 2.24) is 5.32 Å². The average molecular weight is 416 g/mol. The van der Waals surface area contributed by atoms with Crippen molar-refractivity contribution in [3.63, 3.8) is 0 Å². The number of alkyl carbamates (subject to hydrolysis) is 1. The highest BCUT2D eigenvalue weighted by Crippen LogP contribution is 2.29. The van der Waals surface area contributed by atoms with Crippen molar-refractivity contribution < 1.29 is 23.7 Å². The SMILES string of the molecule is CCC(COC(c1ccc(OC)cc1)c1ccc(OC)cc1)NC(=O)OC(C)(C)C. The molecule has 0 fully saturated rings. The van der Waals surface area contributed by atoms with Gasteiger partial charge in [-0.3, -0.25) is 0 Å². The topological polar surface area (TPSA) is 66.0 Å². The van der Waals surface area contributed by atoms with E-state index in [4.69, 9.17) is 18.9 Å². The Kier molecular flexibility index (Phi) is 8.54. The molecule has 1 amide bonds. The molecule has 0 saturated heterocycles. The molecule has 2 aromatic carbocycles. The highest BCUT2D eigenvalue weighted by Gasteiger charge is 2.21. The van der Waals surface area contributed by atoms with Gasteiger partial charge in [-0.15, -0.1) is 0 Å². The van der Waals surface area contributed by atoms with Crippen molar-refractivity contribution >= 4 is 6.09 Å². The Hall–Kier alpha value is -2.73. The van der Waals surface area contributed by atoms with Gasteiger partial charge >= 0.3 is 6.09 Å². The second kappa shape index (κ2) is 10.9. The Balaban J connectivity index is 2.15. The number of nitrogens with one attached hydrogen (secondary N) is 1. The van der Waals surface area contributed by atoms with E-state index in [-0.39, 0.29) is 12.1 Å². The van der Waals surface area contributed by atoms with Crippen LogP contribution < -0.4 is 14.8 Å². The molecule has 0 radical (unpaired) electrons. The Bertz CT molecular complexity index is 733. The van der Waals surface area contributed by atoms with Gasteiger partial charge in [0.2, 0.25) is 0 Å². The van der Waals surface area contributed by atoms with Crippen LogP contribution in [-0.2, 0) is 9.47 Å². The second-order valence-electron chi connectivity index (χ2n) is 8.01. The monoisotopic (exact) mass is 415 g/mol. The van der Waals surface area contributed by atoms with E-state index in [0.717, 1.165) is 29.0 Å². The molecule has 2 rings (SSSR count). The normalized spacial score (nSPS) is 12.4. The van der Waals surface area contributed by atoms with Gasteiger partial charge in [0.15, 0.2) is 0 Å². The Morgan fingerprint density at radius 1 is 0.900 bits per heavy atom.